The van der Waals surface area contributed by atoms with E-state index in [1.807, 2.05) is 35.2 Å². The lowest BCUT2D eigenvalue weighted by Crippen LogP contribution is -2.41. The highest BCUT2D eigenvalue weighted by atomic mass is 16.5. The minimum Gasteiger partial charge on any atom is -0.378 e. The average molecular weight is 395 g/mol. The first kappa shape index (κ1) is 19.8. The van der Waals surface area contributed by atoms with Gasteiger partial charge in [-0.05, 0) is 5.41 Å². The number of hydrogen-bond acceptors (Lipinski definition) is 5. The van der Waals surface area contributed by atoms with E-state index in [9.17, 15) is 4.79 Å². The molecule has 0 saturated carbocycles. The van der Waals surface area contributed by atoms with Crippen LogP contribution in [0.4, 0.5) is 5.82 Å². The molecule has 2 aromatic rings. The number of nitrogens with zero attached hydrogens (tertiary/aromatic N) is 4. The zero-order chi connectivity index (χ0) is 20.4. The number of hydrogen-bond donors (Lipinski definition) is 0. The van der Waals surface area contributed by atoms with Crippen LogP contribution in [0.1, 0.15) is 38.4 Å². The van der Waals surface area contributed by atoms with Crippen LogP contribution in [0.5, 0.6) is 0 Å². The largest absolute Gasteiger partial charge is 0.378 e. The standard InChI is InChI=1S/C23H30N4O2/c1-23(2,3)15-20(28)27-10-9-19-18(16-27)22(26-11-13-29-14-12-26)25-21(24-19)17-7-5-4-6-8-17/h4-8H,9-16H2,1-3H3. The third-order valence-electron chi connectivity index (χ3n) is 5.42. The predicted molar refractivity (Wildman–Crippen MR) is 114 cm³/mol. The van der Waals surface area contributed by atoms with E-state index in [1.54, 1.807) is 0 Å². The molecular formula is C23H30N4O2. The molecule has 1 amide bonds. The van der Waals surface area contributed by atoms with Gasteiger partial charge in [0.15, 0.2) is 5.82 Å². The number of fused-ring (bicyclic) bond motifs is 1. The molecule has 0 atom stereocenters. The van der Waals surface area contributed by atoms with Crippen molar-refractivity contribution in [2.45, 2.75) is 40.2 Å². The molecule has 1 fully saturated rings. The minimum absolute atomic E-state index is 0.0158. The fraction of sp³-hybridized carbons (Fsp3) is 0.522. The normalized spacial score (nSPS) is 17.2. The Balaban J connectivity index is 1.69. The Hall–Kier alpha value is -2.47. The van der Waals surface area contributed by atoms with Gasteiger partial charge < -0.3 is 14.5 Å². The smallest absolute Gasteiger partial charge is 0.223 e. The lowest BCUT2D eigenvalue weighted by molar-refractivity contribution is -0.134. The van der Waals surface area contributed by atoms with Crippen molar-refractivity contribution < 1.29 is 9.53 Å². The second kappa shape index (κ2) is 8.11. The molecule has 0 N–H and O–H groups in total. The SMILES string of the molecule is CC(C)(C)CC(=O)N1CCc2nc(-c3ccccc3)nc(N3CCOCC3)c2C1. The van der Waals surface area contributed by atoms with Crippen molar-refractivity contribution in [3.63, 3.8) is 0 Å². The van der Waals surface area contributed by atoms with E-state index in [1.165, 1.54) is 0 Å². The van der Waals surface area contributed by atoms with Gasteiger partial charge in [-0.15, -0.1) is 0 Å². The van der Waals surface area contributed by atoms with Crippen molar-refractivity contribution in [1.82, 2.24) is 14.9 Å². The van der Waals surface area contributed by atoms with Gasteiger partial charge in [0.05, 0.1) is 25.5 Å². The maximum absolute atomic E-state index is 12.9. The maximum atomic E-state index is 12.9. The molecule has 6 heteroatoms. The third kappa shape index (κ3) is 4.58. The molecule has 154 valence electrons. The topological polar surface area (TPSA) is 58.6 Å². The highest BCUT2D eigenvalue weighted by molar-refractivity contribution is 5.77. The second-order valence-corrected chi connectivity index (χ2v) is 9.06. The molecule has 0 bridgehead atoms. The van der Waals surface area contributed by atoms with E-state index in [4.69, 9.17) is 14.7 Å². The molecule has 1 aromatic carbocycles. The van der Waals surface area contributed by atoms with E-state index < -0.39 is 0 Å². The zero-order valence-electron chi connectivity index (χ0n) is 17.6. The Kier molecular flexibility index (Phi) is 5.54. The van der Waals surface area contributed by atoms with Crippen LogP contribution in [0, 0.1) is 5.41 Å². The fourth-order valence-corrected chi connectivity index (χ4v) is 3.93. The molecule has 29 heavy (non-hydrogen) atoms. The first-order valence-electron chi connectivity index (χ1n) is 10.5. The highest BCUT2D eigenvalue weighted by Crippen LogP contribution is 2.31. The molecule has 0 aliphatic carbocycles. The van der Waals surface area contributed by atoms with Gasteiger partial charge in [-0.25, -0.2) is 9.97 Å². The Morgan fingerprint density at radius 3 is 2.48 bits per heavy atom. The van der Waals surface area contributed by atoms with Gasteiger partial charge in [0.1, 0.15) is 5.82 Å². The zero-order valence-corrected chi connectivity index (χ0v) is 17.6. The molecule has 1 aromatic heterocycles. The lowest BCUT2D eigenvalue weighted by atomic mass is 9.91. The van der Waals surface area contributed by atoms with Crippen molar-refractivity contribution in [1.29, 1.82) is 0 Å². The molecule has 6 nitrogen and oxygen atoms in total. The molecule has 4 rings (SSSR count). The van der Waals surface area contributed by atoms with Gasteiger partial charge in [-0.2, -0.15) is 0 Å². The van der Waals surface area contributed by atoms with Gasteiger partial charge in [0.2, 0.25) is 5.91 Å². The van der Waals surface area contributed by atoms with Crippen molar-refractivity contribution in [3.8, 4) is 11.4 Å². The molecular weight excluding hydrogens is 364 g/mol. The number of rotatable bonds is 3. The van der Waals surface area contributed by atoms with Crippen molar-refractivity contribution in [2.24, 2.45) is 5.41 Å². The molecule has 0 unspecified atom stereocenters. The van der Waals surface area contributed by atoms with E-state index in [-0.39, 0.29) is 11.3 Å². The van der Waals surface area contributed by atoms with Gasteiger partial charge in [-0.1, -0.05) is 51.1 Å². The number of morpholine rings is 1. The highest BCUT2D eigenvalue weighted by Gasteiger charge is 2.30. The first-order chi connectivity index (χ1) is 13.9. The maximum Gasteiger partial charge on any atom is 0.223 e. The minimum atomic E-state index is -0.0158. The van der Waals surface area contributed by atoms with Gasteiger partial charge in [0.25, 0.3) is 0 Å². The van der Waals surface area contributed by atoms with E-state index in [0.717, 1.165) is 54.5 Å². The summed E-state index contributed by atoms with van der Waals surface area (Å²) in [5.74, 6) is 1.94. The second-order valence-electron chi connectivity index (χ2n) is 9.06. The lowest BCUT2D eigenvalue weighted by Gasteiger charge is -2.35. The van der Waals surface area contributed by atoms with E-state index >= 15 is 0 Å². The van der Waals surface area contributed by atoms with E-state index in [2.05, 4.69) is 25.7 Å². The molecule has 0 radical (unpaired) electrons. The van der Waals surface area contributed by atoms with Crippen molar-refractivity contribution in [3.05, 3.63) is 41.6 Å². The summed E-state index contributed by atoms with van der Waals surface area (Å²) in [6, 6.07) is 10.1. The summed E-state index contributed by atoms with van der Waals surface area (Å²) >= 11 is 0. The third-order valence-corrected chi connectivity index (χ3v) is 5.42. The van der Waals surface area contributed by atoms with Crippen molar-refractivity contribution >= 4 is 11.7 Å². The van der Waals surface area contributed by atoms with Gasteiger partial charge >= 0.3 is 0 Å². The van der Waals surface area contributed by atoms with Crippen LogP contribution in [-0.2, 0) is 22.5 Å². The summed E-state index contributed by atoms with van der Waals surface area (Å²) in [5, 5.41) is 0. The number of benzene rings is 1. The quantitative estimate of drug-likeness (QED) is 0.799. The molecule has 2 aliphatic rings. The molecule has 2 aliphatic heterocycles. The fourth-order valence-electron chi connectivity index (χ4n) is 3.93. The summed E-state index contributed by atoms with van der Waals surface area (Å²) in [4.78, 5) is 27.0. The van der Waals surface area contributed by atoms with Crippen LogP contribution < -0.4 is 4.90 Å². The summed E-state index contributed by atoms with van der Waals surface area (Å²) in [5.41, 5.74) is 3.18. The summed E-state index contributed by atoms with van der Waals surface area (Å²) in [6.45, 7) is 10.7. The van der Waals surface area contributed by atoms with Crippen LogP contribution in [0.25, 0.3) is 11.4 Å². The predicted octanol–water partition coefficient (Wildman–Crippen LogP) is 3.30. The molecule has 1 saturated heterocycles. The van der Waals surface area contributed by atoms with Crippen LogP contribution in [0.2, 0.25) is 0 Å². The van der Waals surface area contributed by atoms with Crippen molar-refractivity contribution in [2.75, 3.05) is 37.7 Å². The number of amides is 1. The molecule has 0 spiro atoms. The van der Waals surface area contributed by atoms with Gasteiger partial charge in [-0.3, -0.25) is 4.79 Å². The first-order valence-corrected chi connectivity index (χ1v) is 10.5. The summed E-state index contributed by atoms with van der Waals surface area (Å²) < 4.78 is 5.54. The summed E-state index contributed by atoms with van der Waals surface area (Å²) in [7, 11) is 0. The van der Waals surface area contributed by atoms with E-state index in [0.29, 0.717) is 26.2 Å². The monoisotopic (exact) mass is 394 g/mol. The Labute approximate surface area is 172 Å². The van der Waals surface area contributed by atoms with Crippen LogP contribution >= 0.6 is 0 Å². The number of ether oxygens (including phenoxy) is 1. The number of carbonyl (C=O) groups excluding carboxylic acids is 1. The van der Waals surface area contributed by atoms with Gasteiger partial charge in [0, 0.05) is 43.6 Å². The Morgan fingerprint density at radius 2 is 1.79 bits per heavy atom. The van der Waals surface area contributed by atoms with Crippen LogP contribution in [0.15, 0.2) is 30.3 Å². The number of aromatic nitrogens is 2. The number of anilines is 1. The number of carbonyl (C=O) groups is 1. The Bertz CT molecular complexity index is 870. The van der Waals surface area contributed by atoms with Crippen LogP contribution in [0.3, 0.4) is 0 Å². The molecule has 3 heterocycles. The van der Waals surface area contributed by atoms with Crippen LogP contribution in [-0.4, -0.2) is 53.6 Å². The average Bonchev–Trinajstić information content (AvgIpc) is 2.72. The Morgan fingerprint density at radius 1 is 1.07 bits per heavy atom. The summed E-state index contributed by atoms with van der Waals surface area (Å²) in [6.07, 6.45) is 1.32.